The number of fused-ring (bicyclic) bond motifs is 1. The van der Waals surface area contributed by atoms with E-state index in [4.69, 9.17) is 9.47 Å². The number of ether oxygens (including phenoxy) is 2. The fraction of sp³-hybridized carbons (Fsp3) is 0.400. The molecule has 1 aliphatic rings. The first-order chi connectivity index (χ1) is 5.90. The van der Waals surface area contributed by atoms with Gasteiger partial charge in [-0.1, -0.05) is 6.07 Å². The molecule has 0 atom stereocenters. The zero-order chi connectivity index (χ0) is 8.39. The van der Waals surface area contributed by atoms with Crippen molar-refractivity contribution in [3.8, 4) is 5.75 Å². The number of methoxy groups -OCH3 is 1. The Morgan fingerprint density at radius 2 is 2.08 bits per heavy atom. The average molecular weight is 164 g/mol. The third kappa shape index (κ3) is 1.30. The van der Waals surface area contributed by atoms with E-state index in [0.717, 1.165) is 5.75 Å². The molecule has 0 saturated heterocycles. The smallest absolute Gasteiger partial charge is 0.188 e. The minimum absolute atomic E-state index is 0.332. The molecule has 0 radical (unpaired) electrons. The predicted octanol–water partition coefficient (Wildman–Crippen LogP) is 1.77. The molecule has 0 unspecified atom stereocenters. The number of rotatable bonds is 3. The highest BCUT2D eigenvalue weighted by molar-refractivity contribution is 5.41. The molecule has 0 spiro atoms. The second-order valence-corrected chi connectivity index (χ2v) is 2.98. The van der Waals surface area contributed by atoms with Gasteiger partial charge < -0.3 is 9.47 Å². The van der Waals surface area contributed by atoms with Crippen LogP contribution in [0.15, 0.2) is 18.2 Å². The summed E-state index contributed by atoms with van der Waals surface area (Å²) in [4.78, 5) is 0. The average Bonchev–Trinajstić information content (AvgIpc) is 2.05. The van der Waals surface area contributed by atoms with E-state index in [1.807, 2.05) is 6.07 Å². The normalized spacial score (nSPS) is 13.4. The summed E-state index contributed by atoms with van der Waals surface area (Å²) in [5.41, 5.74) is 2.88. The molecule has 0 N–H and O–H groups in total. The van der Waals surface area contributed by atoms with Gasteiger partial charge in [0.15, 0.2) is 6.79 Å². The van der Waals surface area contributed by atoms with E-state index in [-0.39, 0.29) is 0 Å². The highest BCUT2D eigenvalue weighted by Gasteiger charge is 2.12. The van der Waals surface area contributed by atoms with Crippen LogP contribution in [0.4, 0.5) is 0 Å². The van der Waals surface area contributed by atoms with Gasteiger partial charge in [-0.3, -0.25) is 0 Å². The second kappa shape index (κ2) is 3.15. The molecule has 0 heterocycles. The van der Waals surface area contributed by atoms with Crippen LogP contribution in [-0.2, 0) is 17.6 Å². The zero-order valence-corrected chi connectivity index (χ0v) is 7.17. The summed E-state index contributed by atoms with van der Waals surface area (Å²) in [5, 5.41) is 0. The summed E-state index contributed by atoms with van der Waals surface area (Å²) >= 11 is 0. The van der Waals surface area contributed by atoms with Gasteiger partial charge in [-0.2, -0.15) is 0 Å². The van der Waals surface area contributed by atoms with Crippen LogP contribution in [0.5, 0.6) is 5.75 Å². The first kappa shape index (κ1) is 7.62. The van der Waals surface area contributed by atoms with Crippen LogP contribution in [-0.4, -0.2) is 13.9 Å². The summed E-state index contributed by atoms with van der Waals surface area (Å²) in [6, 6.07) is 6.22. The lowest BCUT2D eigenvalue weighted by Gasteiger charge is -2.19. The van der Waals surface area contributed by atoms with E-state index in [9.17, 15) is 0 Å². The molecular formula is C10H12O2. The van der Waals surface area contributed by atoms with Crippen LogP contribution in [0.3, 0.4) is 0 Å². The Kier molecular flexibility index (Phi) is 2.00. The van der Waals surface area contributed by atoms with Crippen molar-refractivity contribution >= 4 is 0 Å². The van der Waals surface area contributed by atoms with E-state index in [1.165, 1.54) is 24.0 Å². The quantitative estimate of drug-likeness (QED) is 0.634. The van der Waals surface area contributed by atoms with Gasteiger partial charge in [0.25, 0.3) is 0 Å². The summed E-state index contributed by atoms with van der Waals surface area (Å²) in [6.45, 7) is 0.332. The Hall–Kier alpha value is -1.02. The van der Waals surface area contributed by atoms with Crippen molar-refractivity contribution in [2.75, 3.05) is 13.9 Å². The Balaban J connectivity index is 2.08. The van der Waals surface area contributed by atoms with Crippen molar-refractivity contribution in [3.63, 3.8) is 0 Å². The molecule has 64 valence electrons. The number of aryl methyl sites for hydroxylation is 2. The van der Waals surface area contributed by atoms with Crippen molar-refractivity contribution in [1.29, 1.82) is 0 Å². The van der Waals surface area contributed by atoms with Crippen molar-refractivity contribution in [2.24, 2.45) is 0 Å². The van der Waals surface area contributed by atoms with Gasteiger partial charge >= 0.3 is 0 Å². The third-order valence-corrected chi connectivity index (χ3v) is 2.18. The molecule has 2 heteroatoms. The summed E-state index contributed by atoms with van der Waals surface area (Å²) in [6.07, 6.45) is 2.42. The SMILES string of the molecule is COCOc1ccc2c(c1)CC2. The Bertz CT molecular complexity index is 281. The topological polar surface area (TPSA) is 18.5 Å². The van der Waals surface area contributed by atoms with E-state index in [2.05, 4.69) is 12.1 Å². The largest absolute Gasteiger partial charge is 0.468 e. The van der Waals surface area contributed by atoms with Crippen LogP contribution in [0.1, 0.15) is 11.1 Å². The molecule has 0 bridgehead atoms. The second-order valence-electron chi connectivity index (χ2n) is 2.98. The van der Waals surface area contributed by atoms with Crippen molar-refractivity contribution in [1.82, 2.24) is 0 Å². The first-order valence-electron chi connectivity index (χ1n) is 4.13. The van der Waals surface area contributed by atoms with Gasteiger partial charge in [0.05, 0.1) is 0 Å². The number of benzene rings is 1. The molecule has 0 aliphatic heterocycles. The van der Waals surface area contributed by atoms with Gasteiger partial charge in [0.1, 0.15) is 5.75 Å². The van der Waals surface area contributed by atoms with Crippen molar-refractivity contribution < 1.29 is 9.47 Å². The van der Waals surface area contributed by atoms with Gasteiger partial charge in [0.2, 0.25) is 0 Å². The minimum atomic E-state index is 0.332. The number of hydrogen-bond donors (Lipinski definition) is 0. The lowest BCUT2D eigenvalue weighted by Crippen LogP contribution is -2.08. The lowest BCUT2D eigenvalue weighted by atomic mass is 9.89. The molecule has 0 amide bonds. The molecule has 0 saturated carbocycles. The zero-order valence-electron chi connectivity index (χ0n) is 7.17. The molecule has 0 aromatic heterocycles. The van der Waals surface area contributed by atoms with E-state index >= 15 is 0 Å². The Morgan fingerprint density at radius 1 is 1.25 bits per heavy atom. The van der Waals surface area contributed by atoms with Crippen LogP contribution >= 0.6 is 0 Å². The Labute approximate surface area is 72.1 Å². The van der Waals surface area contributed by atoms with Crippen molar-refractivity contribution in [2.45, 2.75) is 12.8 Å². The van der Waals surface area contributed by atoms with E-state index in [0.29, 0.717) is 6.79 Å². The highest BCUT2D eigenvalue weighted by atomic mass is 16.7. The van der Waals surface area contributed by atoms with Gasteiger partial charge in [-0.15, -0.1) is 0 Å². The molecule has 0 fully saturated rings. The summed E-state index contributed by atoms with van der Waals surface area (Å²) in [5.74, 6) is 0.912. The minimum Gasteiger partial charge on any atom is -0.468 e. The predicted molar refractivity (Wildman–Crippen MR) is 46.4 cm³/mol. The lowest BCUT2D eigenvalue weighted by molar-refractivity contribution is 0.0510. The van der Waals surface area contributed by atoms with Gasteiger partial charge in [-0.05, 0) is 36.1 Å². The maximum atomic E-state index is 5.30. The molecule has 2 rings (SSSR count). The molecule has 1 aromatic rings. The molecule has 2 nitrogen and oxygen atoms in total. The number of hydrogen-bond acceptors (Lipinski definition) is 2. The summed E-state index contributed by atoms with van der Waals surface area (Å²) in [7, 11) is 1.63. The fourth-order valence-corrected chi connectivity index (χ4v) is 1.39. The standard InChI is InChI=1S/C10H12O2/c1-11-7-12-10-5-4-8-2-3-9(8)6-10/h4-6H,2-3,7H2,1H3. The van der Waals surface area contributed by atoms with Crippen LogP contribution in [0, 0.1) is 0 Å². The maximum Gasteiger partial charge on any atom is 0.188 e. The molecular weight excluding hydrogens is 152 g/mol. The van der Waals surface area contributed by atoms with Gasteiger partial charge in [-0.25, -0.2) is 0 Å². The van der Waals surface area contributed by atoms with E-state index in [1.54, 1.807) is 7.11 Å². The molecule has 12 heavy (non-hydrogen) atoms. The first-order valence-corrected chi connectivity index (χ1v) is 4.13. The van der Waals surface area contributed by atoms with Crippen LogP contribution < -0.4 is 4.74 Å². The Morgan fingerprint density at radius 3 is 2.67 bits per heavy atom. The van der Waals surface area contributed by atoms with E-state index < -0.39 is 0 Å². The van der Waals surface area contributed by atoms with Crippen LogP contribution in [0.2, 0.25) is 0 Å². The molecule has 1 aromatic carbocycles. The monoisotopic (exact) mass is 164 g/mol. The van der Waals surface area contributed by atoms with Crippen molar-refractivity contribution in [3.05, 3.63) is 29.3 Å². The van der Waals surface area contributed by atoms with Crippen LogP contribution in [0.25, 0.3) is 0 Å². The fourth-order valence-electron chi connectivity index (χ4n) is 1.39. The highest BCUT2D eigenvalue weighted by Crippen LogP contribution is 2.26. The molecule has 1 aliphatic carbocycles. The van der Waals surface area contributed by atoms with Gasteiger partial charge in [0, 0.05) is 7.11 Å². The summed E-state index contributed by atoms with van der Waals surface area (Å²) < 4.78 is 10.1. The maximum absolute atomic E-state index is 5.30. The third-order valence-electron chi connectivity index (χ3n) is 2.18.